The van der Waals surface area contributed by atoms with Gasteiger partial charge in [-0.15, -0.1) is 0 Å². The first kappa shape index (κ1) is 20.1. The molecule has 0 radical (unpaired) electrons. The molecule has 2 N–H and O–H groups in total. The van der Waals surface area contributed by atoms with Crippen LogP contribution in [0.15, 0.2) is 36.5 Å². The van der Waals surface area contributed by atoms with Gasteiger partial charge in [0.1, 0.15) is 5.56 Å². The monoisotopic (exact) mass is 395 g/mol. The number of carbonyl (C=O) groups excluding carboxylic acids is 3. The van der Waals surface area contributed by atoms with E-state index in [1.54, 1.807) is 13.8 Å². The van der Waals surface area contributed by atoms with Crippen LogP contribution in [0.5, 0.6) is 0 Å². The Bertz CT molecular complexity index is 1070. The second kappa shape index (κ2) is 8.14. The van der Waals surface area contributed by atoms with Crippen molar-refractivity contribution in [2.75, 3.05) is 7.11 Å². The first-order valence-corrected chi connectivity index (χ1v) is 8.96. The molecule has 2 heterocycles. The van der Waals surface area contributed by atoms with E-state index in [1.807, 2.05) is 30.3 Å². The minimum absolute atomic E-state index is 0.207. The van der Waals surface area contributed by atoms with Crippen molar-refractivity contribution < 1.29 is 23.9 Å². The Labute approximate surface area is 167 Å². The lowest BCUT2D eigenvalue weighted by atomic mass is 10.1. The van der Waals surface area contributed by atoms with Gasteiger partial charge >= 0.3 is 11.9 Å². The Balaban J connectivity index is 1.81. The van der Waals surface area contributed by atoms with E-state index in [0.29, 0.717) is 22.5 Å². The molecule has 8 nitrogen and oxygen atoms in total. The van der Waals surface area contributed by atoms with Crippen molar-refractivity contribution in [2.45, 2.75) is 26.9 Å². The highest BCUT2D eigenvalue weighted by Crippen LogP contribution is 2.23. The number of benzene rings is 1. The molecule has 1 aromatic carbocycles. The van der Waals surface area contributed by atoms with E-state index in [4.69, 9.17) is 9.47 Å². The predicted octanol–water partition coefficient (Wildman–Crippen LogP) is 3.24. The van der Waals surface area contributed by atoms with Crippen molar-refractivity contribution in [3.05, 3.63) is 64.6 Å². The lowest BCUT2D eigenvalue weighted by Crippen LogP contribution is -2.25. The molecule has 0 saturated heterocycles. The van der Waals surface area contributed by atoms with E-state index in [1.165, 1.54) is 20.2 Å². The molecule has 0 saturated carbocycles. The second-order valence-electron chi connectivity index (χ2n) is 6.55. The summed E-state index contributed by atoms with van der Waals surface area (Å²) in [7, 11) is 1.27. The van der Waals surface area contributed by atoms with Crippen molar-refractivity contribution in [2.24, 2.45) is 0 Å². The highest BCUT2D eigenvalue weighted by molar-refractivity contribution is 6.05. The highest BCUT2D eigenvalue weighted by Gasteiger charge is 2.28. The number of carbonyl (C=O) groups is 3. The molecule has 1 atom stereocenters. The van der Waals surface area contributed by atoms with Gasteiger partial charge in [-0.1, -0.05) is 30.3 Å². The van der Waals surface area contributed by atoms with Crippen molar-refractivity contribution >= 4 is 17.7 Å². The van der Waals surface area contributed by atoms with E-state index in [-0.39, 0.29) is 11.3 Å². The van der Waals surface area contributed by atoms with Crippen molar-refractivity contribution in [3.63, 3.8) is 0 Å². The summed E-state index contributed by atoms with van der Waals surface area (Å²) in [5.74, 6) is -1.66. The Morgan fingerprint density at radius 1 is 1.07 bits per heavy atom. The maximum Gasteiger partial charge on any atom is 0.342 e. The summed E-state index contributed by atoms with van der Waals surface area (Å²) in [6.07, 6.45) is 0.296. The molecule has 0 amide bonds. The van der Waals surface area contributed by atoms with Crippen molar-refractivity contribution in [3.8, 4) is 11.3 Å². The van der Waals surface area contributed by atoms with Gasteiger partial charge < -0.3 is 14.5 Å². The number of hydrogen-bond acceptors (Lipinski definition) is 6. The van der Waals surface area contributed by atoms with Crippen LogP contribution in [0.4, 0.5) is 0 Å². The Morgan fingerprint density at radius 3 is 2.41 bits per heavy atom. The topological polar surface area (TPSA) is 114 Å². The van der Waals surface area contributed by atoms with Gasteiger partial charge in [0.25, 0.3) is 0 Å². The number of aromatic amines is 2. The number of aryl methyl sites for hydroxylation is 1. The van der Waals surface area contributed by atoms with Crippen LogP contribution >= 0.6 is 0 Å². The fraction of sp³-hybridized carbons (Fsp3) is 0.238. The molecule has 0 aliphatic carbocycles. The number of ketones is 1. The summed E-state index contributed by atoms with van der Waals surface area (Å²) >= 11 is 0. The molecule has 0 bridgehead atoms. The van der Waals surface area contributed by atoms with Gasteiger partial charge in [0.15, 0.2) is 6.10 Å². The molecule has 8 heteroatoms. The number of hydrogen-bond donors (Lipinski definition) is 2. The standard InChI is InChI=1S/C21H21N3O5/c1-11-16(21(27)28-4)12(2)23-17(11)19(25)13(3)29-20(26)15-10-22-24-18(15)14-8-6-5-7-9-14/h5-10,13,23H,1-4H3,(H,22,24)/t13-/m1/s1. The normalized spacial score (nSPS) is 11.7. The summed E-state index contributed by atoms with van der Waals surface area (Å²) in [6, 6.07) is 9.21. The minimum Gasteiger partial charge on any atom is -0.465 e. The number of aromatic nitrogens is 3. The summed E-state index contributed by atoms with van der Waals surface area (Å²) in [4.78, 5) is 40.3. The van der Waals surface area contributed by atoms with Crippen LogP contribution in [0, 0.1) is 13.8 Å². The number of esters is 2. The number of Topliss-reactive ketones (excluding diaryl/α,β-unsaturated/α-hetero) is 1. The van der Waals surface area contributed by atoms with Crippen LogP contribution in [0.2, 0.25) is 0 Å². The zero-order valence-electron chi connectivity index (χ0n) is 16.5. The van der Waals surface area contributed by atoms with E-state index in [0.717, 1.165) is 5.56 Å². The van der Waals surface area contributed by atoms with Crippen LogP contribution in [-0.2, 0) is 9.47 Å². The number of rotatable bonds is 6. The number of ether oxygens (including phenoxy) is 2. The number of nitrogens with one attached hydrogen (secondary N) is 2. The lowest BCUT2D eigenvalue weighted by molar-refractivity contribution is 0.0317. The van der Waals surface area contributed by atoms with Crippen LogP contribution in [0.3, 0.4) is 0 Å². The van der Waals surface area contributed by atoms with Crippen LogP contribution in [-0.4, -0.2) is 46.1 Å². The third-order valence-electron chi connectivity index (χ3n) is 4.65. The molecule has 0 spiro atoms. The molecule has 0 aliphatic heterocycles. The molecule has 0 aliphatic rings. The van der Waals surface area contributed by atoms with Crippen molar-refractivity contribution in [1.29, 1.82) is 0 Å². The average Bonchev–Trinajstić information content (AvgIpc) is 3.32. The molecule has 2 aromatic heterocycles. The molecule has 0 fully saturated rings. The number of nitrogens with zero attached hydrogens (tertiary/aromatic N) is 1. The minimum atomic E-state index is -1.07. The number of H-pyrrole nitrogens is 2. The highest BCUT2D eigenvalue weighted by atomic mass is 16.5. The molecule has 3 rings (SSSR count). The van der Waals surface area contributed by atoms with E-state index in [2.05, 4.69) is 15.2 Å². The molecule has 0 unspecified atom stereocenters. The van der Waals surface area contributed by atoms with Gasteiger partial charge in [0.05, 0.1) is 30.3 Å². The zero-order valence-corrected chi connectivity index (χ0v) is 16.5. The third kappa shape index (κ3) is 3.82. The predicted molar refractivity (Wildman–Crippen MR) is 105 cm³/mol. The average molecular weight is 395 g/mol. The summed E-state index contributed by atoms with van der Waals surface area (Å²) in [5.41, 5.74) is 2.98. The summed E-state index contributed by atoms with van der Waals surface area (Å²) < 4.78 is 10.1. The second-order valence-corrected chi connectivity index (χ2v) is 6.55. The molecular formula is C21H21N3O5. The van der Waals surface area contributed by atoms with Gasteiger partial charge in [0.2, 0.25) is 5.78 Å². The molecule has 3 aromatic rings. The smallest absolute Gasteiger partial charge is 0.342 e. The van der Waals surface area contributed by atoms with Crippen molar-refractivity contribution in [1.82, 2.24) is 15.2 Å². The van der Waals surface area contributed by atoms with E-state index in [9.17, 15) is 14.4 Å². The van der Waals surface area contributed by atoms with Gasteiger partial charge in [0, 0.05) is 11.3 Å². The van der Waals surface area contributed by atoms with Gasteiger partial charge in [-0.05, 0) is 26.3 Å². The first-order valence-electron chi connectivity index (χ1n) is 8.96. The Kier molecular flexibility index (Phi) is 5.63. The Hall–Kier alpha value is -3.68. The summed E-state index contributed by atoms with van der Waals surface area (Å²) in [6.45, 7) is 4.79. The SMILES string of the molecule is COC(=O)c1c(C)[nH]c(C(=O)[C@@H](C)OC(=O)c2cn[nH]c2-c2ccccc2)c1C. The van der Waals surface area contributed by atoms with Crippen LogP contribution < -0.4 is 0 Å². The molecular weight excluding hydrogens is 374 g/mol. The fourth-order valence-electron chi connectivity index (χ4n) is 3.15. The lowest BCUT2D eigenvalue weighted by Gasteiger charge is -2.12. The quantitative estimate of drug-likeness (QED) is 0.489. The molecule has 29 heavy (non-hydrogen) atoms. The van der Waals surface area contributed by atoms with E-state index < -0.39 is 23.8 Å². The maximum absolute atomic E-state index is 12.8. The largest absolute Gasteiger partial charge is 0.465 e. The molecule has 150 valence electrons. The third-order valence-corrected chi connectivity index (χ3v) is 4.65. The fourth-order valence-corrected chi connectivity index (χ4v) is 3.15. The Morgan fingerprint density at radius 2 is 1.76 bits per heavy atom. The first-order chi connectivity index (χ1) is 13.8. The zero-order chi connectivity index (χ0) is 21.1. The maximum atomic E-state index is 12.8. The summed E-state index contributed by atoms with van der Waals surface area (Å²) in [5, 5.41) is 6.70. The van der Waals surface area contributed by atoms with Crippen LogP contribution in [0.1, 0.15) is 49.4 Å². The van der Waals surface area contributed by atoms with Gasteiger partial charge in [-0.25, -0.2) is 9.59 Å². The van der Waals surface area contributed by atoms with Gasteiger partial charge in [-0.2, -0.15) is 5.10 Å². The van der Waals surface area contributed by atoms with Crippen LogP contribution in [0.25, 0.3) is 11.3 Å². The van der Waals surface area contributed by atoms with E-state index >= 15 is 0 Å². The number of methoxy groups -OCH3 is 1. The van der Waals surface area contributed by atoms with Gasteiger partial charge in [-0.3, -0.25) is 9.89 Å².